The van der Waals surface area contributed by atoms with Crippen LogP contribution in [0.3, 0.4) is 0 Å². The number of thiophene rings is 1. The lowest BCUT2D eigenvalue weighted by Crippen LogP contribution is -2.29. The number of rotatable bonds is 9. The van der Waals surface area contributed by atoms with E-state index in [2.05, 4.69) is 15.7 Å². The SMILES string of the molecule is CNC(=O)CCNC(=O)c1sc2c(-c3ccc(=O)n(C)c3)ccc(OC)c2c1CCn1cccn1. The fraction of sp³-hybridized carbons (Fsp3) is 0.280. The molecule has 4 aromatic rings. The zero-order valence-corrected chi connectivity index (χ0v) is 20.6. The first kappa shape index (κ1) is 24.2. The number of nitrogens with one attached hydrogen (secondary N) is 2. The number of hydrogen-bond acceptors (Lipinski definition) is 6. The Morgan fingerprint density at radius 1 is 1.20 bits per heavy atom. The van der Waals surface area contributed by atoms with E-state index < -0.39 is 0 Å². The highest BCUT2D eigenvalue weighted by Crippen LogP contribution is 2.43. The van der Waals surface area contributed by atoms with E-state index in [-0.39, 0.29) is 30.3 Å². The standard InChI is InChI=1S/C25H27N5O4S/c1-26-20(31)9-12-27-25(33)24-18(10-14-30-13-4-11-28-30)22-19(34-3)7-6-17(23(22)35-24)16-5-8-21(32)29(2)15-16/h4-8,11,13,15H,9-10,12,14H2,1-3H3,(H,26,31)(H,27,33). The van der Waals surface area contributed by atoms with Crippen LogP contribution in [0.1, 0.15) is 21.7 Å². The highest BCUT2D eigenvalue weighted by Gasteiger charge is 2.23. The van der Waals surface area contributed by atoms with Crippen LogP contribution in [0.15, 0.2) is 53.7 Å². The number of carbonyl (C=O) groups is 2. The third kappa shape index (κ3) is 5.12. The normalized spacial score (nSPS) is 10.9. The molecule has 0 saturated heterocycles. The maximum Gasteiger partial charge on any atom is 0.261 e. The van der Waals surface area contributed by atoms with Gasteiger partial charge >= 0.3 is 0 Å². The number of aromatic nitrogens is 3. The van der Waals surface area contributed by atoms with Crippen molar-refractivity contribution in [1.29, 1.82) is 0 Å². The molecule has 3 aromatic heterocycles. The van der Waals surface area contributed by atoms with Crippen molar-refractivity contribution in [1.82, 2.24) is 25.0 Å². The van der Waals surface area contributed by atoms with Gasteiger partial charge < -0.3 is 19.9 Å². The predicted molar refractivity (Wildman–Crippen MR) is 136 cm³/mol. The van der Waals surface area contributed by atoms with Crippen LogP contribution in [0.25, 0.3) is 21.2 Å². The number of carbonyl (C=O) groups excluding carboxylic acids is 2. The van der Waals surface area contributed by atoms with Gasteiger partial charge in [0.1, 0.15) is 5.75 Å². The van der Waals surface area contributed by atoms with Crippen molar-refractivity contribution in [2.24, 2.45) is 7.05 Å². The molecule has 2 amide bonds. The fourth-order valence-corrected chi connectivity index (χ4v) is 5.28. The van der Waals surface area contributed by atoms with Crippen LogP contribution in [-0.4, -0.2) is 46.9 Å². The van der Waals surface area contributed by atoms with E-state index in [0.717, 1.165) is 26.8 Å². The summed E-state index contributed by atoms with van der Waals surface area (Å²) in [6.45, 7) is 0.820. The number of ether oxygens (including phenoxy) is 1. The molecule has 0 bridgehead atoms. The maximum absolute atomic E-state index is 13.3. The largest absolute Gasteiger partial charge is 0.496 e. The third-order valence-corrected chi connectivity index (χ3v) is 7.05. The molecule has 0 fully saturated rings. The second-order valence-electron chi connectivity index (χ2n) is 7.99. The summed E-state index contributed by atoms with van der Waals surface area (Å²) < 4.78 is 9.95. The van der Waals surface area contributed by atoms with Crippen LogP contribution in [0.2, 0.25) is 0 Å². The molecule has 0 spiro atoms. The Balaban J connectivity index is 1.82. The zero-order chi connectivity index (χ0) is 24.9. The fourth-order valence-electron chi connectivity index (χ4n) is 3.96. The van der Waals surface area contributed by atoms with Gasteiger partial charge in [0, 0.05) is 73.9 Å². The smallest absolute Gasteiger partial charge is 0.261 e. The molecule has 0 radical (unpaired) electrons. The van der Waals surface area contributed by atoms with Gasteiger partial charge in [0.15, 0.2) is 0 Å². The molecule has 182 valence electrons. The molecule has 9 nitrogen and oxygen atoms in total. The molecule has 3 heterocycles. The second kappa shape index (κ2) is 10.6. The molecule has 0 atom stereocenters. The Morgan fingerprint density at radius 2 is 2.03 bits per heavy atom. The highest BCUT2D eigenvalue weighted by molar-refractivity contribution is 7.21. The van der Waals surface area contributed by atoms with E-state index >= 15 is 0 Å². The third-order valence-electron chi connectivity index (χ3n) is 5.79. The highest BCUT2D eigenvalue weighted by atomic mass is 32.1. The molecular weight excluding hydrogens is 466 g/mol. The minimum Gasteiger partial charge on any atom is -0.496 e. The van der Waals surface area contributed by atoms with Crippen molar-refractivity contribution >= 4 is 33.2 Å². The predicted octanol–water partition coefficient (Wildman–Crippen LogP) is 2.58. The molecule has 2 N–H and O–H groups in total. The Morgan fingerprint density at radius 3 is 2.71 bits per heavy atom. The molecule has 0 aliphatic rings. The van der Waals surface area contributed by atoms with Crippen LogP contribution in [0.5, 0.6) is 5.75 Å². The van der Waals surface area contributed by atoms with Gasteiger partial charge in [0.25, 0.3) is 5.91 Å². The quantitative estimate of drug-likeness (QED) is 0.373. The van der Waals surface area contributed by atoms with E-state index in [1.807, 2.05) is 29.1 Å². The number of pyridine rings is 1. The number of hydrogen-bond donors (Lipinski definition) is 2. The first-order valence-corrected chi connectivity index (χ1v) is 12.0. The first-order valence-electron chi connectivity index (χ1n) is 11.2. The lowest BCUT2D eigenvalue weighted by atomic mass is 10.0. The minimum absolute atomic E-state index is 0.0965. The molecule has 0 unspecified atom stereocenters. The summed E-state index contributed by atoms with van der Waals surface area (Å²) in [5.74, 6) is 0.294. The van der Waals surface area contributed by atoms with Gasteiger partial charge in [-0.25, -0.2) is 0 Å². The van der Waals surface area contributed by atoms with Gasteiger partial charge in [0.2, 0.25) is 11.5 Å². The molecule has 0 saturated carbocycles. The van der Waals surface area contributed by atoms with E-state index in [9.17, 15) is 14.4 Å². The van der Waals surface area contributed by atoms with Crippen LogP contribution >= 0.6 is 11.3 Å². The Hall–Kier alpha value is -3.92. The van der Waals surface area contributed by atoms with Gasteiger partial charge in [-0.2, -0.15) is 5.10 Å². The van der Waals surface area contributed by atoms with Crippen molar-refractivity contribution in [2.45, 2.75) is 19.4 Å². The summed E-state index contributed by atoms with van der Waals surface area (Å²) in [6, 6.07) is 9.01. The average molecular weight is 494 g/mol. The van der Waals surface area contributed by atoms with E-state index in [4.69, 9.17) is 4.74 Å². The van der Waals surface area contributed by atoms with E-state index in [1.54, 1.807) is 39.7 Å². The van der Waals surface area contributed by atoms with Crippen LogP contribution < -0.4 is 20.9 Å². The Labute approximate surface area is 206 Å². The first-order chi connectivity index (χ1) is 16.9. The maximum atomic E-state index is 13.3. The monoisotopic (exact) mass is 493 g/mol. The molecule has 35 heavy (non-hydrogen) atoms. The van der Waals surface area contributed by atoms with Gasteiger partial charge in [-0.3, -0.25) is 19.1 Å². The molecule has 1 aromatic carbocycles. The van der Waals surface area contributed by atoms with Gasteiger partial charge in [0.05, 0.1) is 12.0 Å². The number of fused-ring (bicyclic) bond motifs is 1. The average Bonchev–Trinajstić information content (AvgIpc) is 3.52. The number of aryl methyl sites for hydroxylation is 3. The van der Waals surface area contributed by atoms with Gasteiger partial charge in [-0.05, 0) is 41.8 Å². The molecule has 0 aliphatic heterocycles. The molecule has 10 heteroatoms. The Kier molecular flexibility index (Phi) is 7.31. The number of methoxy groups -OCH3 is 1. The summed E-state index contributed by atoms with van der Waals surface area (Å²) in [5.41, 5.74) is 2.54. The lowest BCUT2D eigenvalue weighted by Gasteiger charge is -2.11. The number of nitrogens with zero attached hydrogens (tertiary/aromatic N) is 3. The lowest BCUT2D eigenvalue weighted by molar-refractivity contribution is -0.120. The van der Waals surface area contributed by atoms with Crippen molar-refractivity contribution in [3.63, 3.8) is 0 Å². The summed E-state index contributed by atoms with van der Waals surface area (Å²) in [7, 11) is 4.89. The summed E-state index contributed by atoms with van der Waals surface area (Å²) in [6.07, 6.45) is 6.15. The summed E-state index contributed by atoms with van der Waals surface area (Å²) in [5, 5.41) is 10.6. The topological polar surface area (TPSA) is 107 Å². The Bertz CT molecular complexity index is 1420. The zero-order valence-electron chi connectivity index (χ0n) is 19.8. The van der Waals surface area contributed by atoms with Crippen LogP contribution in [0, 0.1) is 0 Å². The van der Waals surface area contributed by atoms with Gasteiger partial charge in [-0.1, -0.05) is 0 Å². The molecule has 4 rings (SSSR count). The van der Waals surface area contributed by atoms with Crippen LogP contribution in [0.4, 0.5) is 0 Å². The van der Waals surface area contributed by atoms with Crippen LogP contribution in [-0.2, 0) is 24.8 Å². The van der Waals surface area contributed by atoms with E-state index in [1.165, 1.54) is 22.0 Å². The van der Waals surface area contributed by atoms with Gasteiger partial charge in [-0.15, -0.1) is 11.3 Å². The van der Waals surface area contributed by atoms with Crippen molar-refractivity contribution < 1.29 is 14.3 Å². The van der Waals surface area contributed by atoms with Crippen molar-refractivity contribution in [3.05, 3.63) is 69.7 Å². The van der Waals surface area contributed by atoms with Crippen molar-refractivity contribution in [2.75, 3.05) is 20.7 Å². The number of amides is 2. The second-order valence-corrected chi connectivity index (χ2v) is 9.01. The molecular formula is C25H27N5O4S. The minimum atomic E-state index is -0.237. The summed E-state index contributed by atoms with van der Waals surface area (Å²) in [4.78, 5) is 37.4. The number of benzene rings is 1. The molecule has 0 aliphatic carbocycles. The summed E-state index contributed by atoms with van der Waals surface area (Å²) >= 11 is 1.39. The van der Waals surface area contributed by atoms with E-state index in [0.29, 0.717) is 23.6 Å². The van der Waals surface area contributed by atoms with Crippen molar-refractivity contribution in [3.8, 4) is 16.9 Å².